The van der Waals surface area contributed by atoms with E-state index in [4.69, 9.17) is 13.8 Å². The second-order valence-corrected chi connectivity index (χ2v) is 26.8. The quantitative estimate of drug-likeness (QED) is 0.0212. The zero-order chi connectivity index (χ0) is 59.3. The third-order valence-corrected chi connectivity index (χ3v) is 17.0. The Hall–Kier alpha value is -1.77. The summed E-state index contributed by atoms with van der Waals surface area (Å²) in [6.45, 7) is 6.87. The molecule has 478 valence electrons. The zero-order valence-electron chi connectivity index (χ0n) is 54.8. The van der Waals surface area contributed by atoms with Crippen molar-refractivity contribution in [1.29, 1.82) is 0 Å². The van der Waals surface area contributed by atoms with Crippen LogP contribution in [0.4, 0.5) is 0 Å². The molecule has 0 radical (unpaired) electrons. The van der Waals surface area contributed by atoms with Crippen LogP contribution in [0.2, 0.25) is 0 Å². The summed E-state index contributed by atoms with van der Waals surface area (Å²) >= 11 is 0. The lowest BCUT2D eigenvalue weighted by atomic mass is 10.0. The van der Waals surface area contributed by atoms with Crippen LogP contribution in [-0.2, 0) is 27.9 Å². The summed E-state index contributed by atoms with van der Waals surface area (Å²) in [6.07, 6.45) is 75.6. The number of allylic oxidation sites excluding steroid dienone is 5. The van der Waals surface area contributed by atoms with Gasteiger partial charge in [0.2, 0.25) is 5.91 Å². The lowest BCUT2D eigenvalue weighted by Gasteiger charge is -2.30. The van der Waals surface area contributed by atoms with Gasteiger partial charge >= 0.3 is 5.97 Å². The highest BCUT2D eigenvalue weighted by molar-refractivity contribution is 7.45. The first kappa shape index (κ1) is 79.2. The summed E-state index contributed by atoms with van der Waals surface area (Å²) in [4.78, 5) is 40.1. The number of phosphoric ester groups is 1. The molecule has 0 saturated carbocycles. The Morgan fingerprint density at radius 2 is 0.753 bits per heavy atom. The number of carbonyl (C=O) groups excluding carboxylic acids is 2. The van der Waals surface area contributed by atoms with Gasteiger partial charge in [-0.2, -0.15) is 0 Å². The van der Waals surface area contributed by atoms with E-state index in [2.05, 4.69) is 50.4 Å². The van der Waals surface area contributed by atoms with Gasteiger partial charge in [0.15, 0.2) is 0 Å². The molecule has 0 fully saturated rings. The number of unbranched alkanes of at least 4 members (excludes halogenated alkanes) is 45. The first-order valence-electron chi connectivity index (χ1n) is 35.3. The Kier molecular flexibility index (Phi) is 60.0. The molecular weight excluding hydrogens is 1020 g/mol. The van der Waals surface area contributed by atoms with Gasteiger partial charge in [0.25, 0.3) is 7.82 Å². The molecule has 0 heterocycles. The average molecular weight is 1160 g/mol. The van der Waals surface area contributed by atoms with Crippen LogP contribution in [0.3, 0.4) is 0 Å². The molecule has 0 aliphatic rings. The highest BCUT2D eigenvalue weighted by atomic mass is 31.2. The number of rotatable bonds is 65. The van der Waals surface area contributed by atoms with E-state index >= 15 is 0 Å². The van der Waals surface area contributed by atoms with Gasteiger partial charge in [-0.1, -0.05) is 314 Å². The highest BCUT2D eigenvalue weighted by Gasteiger charge is 2.27. The lowest BCUT2D eigenvalue weighted by Crippen LogP contribution is -2.47. The highest BCUT2D eigenvalue weighted by Crippen LogP contribution is 2.38. The number of hydrogen-bond donors (Lipinski definition) is 1. The Morgan fingerprint density at radius 3 is 1.14 bits per heavy atom. The lowest BCUT2D eigenvalue weighted by molar-refractivity contribution is -0.870. The van der Waals surface area contributed by atoms with Crippen LogP contribution in [0, 0.1) is 0 Å². The molecule has 9 nitrogen and oxygen atoms in total. The van der Waals surface area contributed by atoms with Crippen LogP contribution in [0.1, 0.15) is 355 Å². The third-order valence-electron chi connectivity index (χ3n) is 16.1. The van der Waals surface area contributed by atoms with Gasteiger partial charge in [0.05, 0.1) is 33.8 Å². The molecule has 0 aliphatic carbocycles. The number of esters is 1. The van der Waals surface area contributed by atoms with Crippen molar-refractivity contribution in [3.63, 3.8) is 0 Å². The first-order valence-corrected chi connectivity index (χ1v) is 36.8. The summed E-state index contributed by atoms with van der Waals surface area (Å²) in [6, 6.07) is -0.883. The number of likely N-dealkylation sites (N-methyl/N-ethyl adjacent to an activating group) is 1. The van der Waals surface area contributed by atoms with Crippen molar-refractivity contribution < 1.29 is 37.3 Å². The molecule has 0 saturated heterocycles. The Labute approximate surface area is 504 Å². The van der Waals surface area contributed by atoms with Crippen LogP contribution in [0.5, 0.6) is 0 Å². The van der Waals surface area contributed by atoms with E-state index in [0.29, 0.717) is 17.4 Å². The smallest absolute Gasteiger partial charge is 0.306 e. The second kappa shape index (κ2) is 61.3. The van der Waals surface area contributed by atoms with Crippen LogP contribution < -0.4 is 10.2 Å². The maximum absolute atomic E-state index is 13.6. The normalized spacial score (nSPS) is 13.7. The van der Waals surface area contributed by atoms with Crippen LogP contribution in [0.15, 0.2) is 36.5 Å². The SMILES string of the molecule is CCCCC/C=C\C/C=C\CCCCCCCCCCCCCCCCCCCC(=O)NC(COP(=O)([O-])OCC[N+](C)(C)C)C(/C=C\CCCCCCCCCCC)OC(=O)CCCCCCCCCCCCCCCCCCC. The van der Waals surface area contributed by atoms with Gasteiger partial charge in [0, 0.05) is 12.8 Å². The zero-order valence-corrected chi connectivity index (χ0v) is 55.7. The Balaban J connectivity index is 4.94. The molecule has 0 aromatic rings. The molecule has 0 rings (SSSR count). The van der Waals surface area contributed by atoms with E-state index < -0.39 is 20.0 Å². The third kappa shape index (κ3) is 62.6. The number of carbonyl (C=O) groups is 2. The molecular formula is C71H137N2O7P. The van der Waals surface area contributed by atoms with Gasteiger partial charge < -0.3 is 28.5 Å². The molecule has 1 N–H and O–H groups in total. The van der Waals surface area contributed by atoms with E-state index in [-0.39, 0.29) is 31.5 Å². The van der Waals surface area contributed by atoms with E-state index in [1.54, 1.807) is 0 Å². The van der Waals surface area contributed by atoms with E-state index in [9.17, 15) is 19.0 Å². The maximum atomic E-state index is 13.6. The first-order chi connectivity index (χ1) is 39.4. The molecule has 0 aliphatic heterocycles. The van der Waals surface area contributed by atoms with Gasteiger partial charge in [0.1, 0.15) is 19.3 Å². The minimum Gasteiger partial charge on any atom is -0.756 e. The molecule has 0 bridgehead atoms. The predicted molar refractivity (Wildman–Crippen MR) is 349 cm³/mol. The van der Waals surface area contributed by atoms with Crippen LogP contribution in [-0.4, -0.2) is 69.4 Å². The standard InChI is InChI=1S/C71H137N2O7P/c1-7-10-13-16-19-22-25-27-29-31-32-33-34-35-36-37-38-39-40-42-43-45-48-51-54-57-60-63-70(74)72-68(67-79-81(76,77)78-66-65-73(4,5)6)69(62-59-56-53-50-47-24-21-18-15-12-9-3)80-71(75)64-61-58-55-52-49-46-44-41-30-28-26-23-20-17-14-11-8-2/h19,22,27,29,59,62,68-69H,7-18,20-21,23-26,28,30-58,60-61,63-67H2,1-6H3,(H-,72,74,76,77)/b22-19-,29-27-,62-59-. The second-order valence-electron chi connectivity index (χ2n) is 25.4. The summed E-state index contributed by atoms with van der Waals surface area (Å²) in [7, 11) is 1.20. The Bertz CT molecular complexity index is 1480. The average Bonchev–Trinajstić information content (AvgIpc) is 3.43. The number of hydrogen-bond acceptors (Lipinski definition) is 7. The predicted octanol–water partition coefficient (Wildman–Crippen LogP) is 21.6. The van der Waals surface area contributed by atoms with Crippen molar-refractivity contribution in [2.75, 3.05) is 40.9 Å². The van der Waals surface area contributed by atoms with Gasteiger partial charge in [-0.05, 0) is 63.9 Å². The fraction of sp³-hybridized carbons (Fsp3) is 0.887. The summed E-state index contributed by atoms with van der Waals surface area (Å²) in [5, 5.41) is 3.05. The molecule has 10 heteroatoms. The van der Waals surface area contributed by atoms with Crippen LogP contribution >= 0.6 is 7.82 Å². The molecule has 1 amide bonds. The van der Waals surface area contributed by atoms with Crippen molar-refractivity contribution in [3.8, 4) is 0 Å². The fourth-order valence-electron chi connectivity index (χ4n) is 10.6. The minimum absolute atomic E-state index is 0.0188. The molecule has 81 heavy (non-hydrogen) atoms. The molecule has 0 spiro atoms. The monoisotopic (exact) mass is 1160 g/mol. The molecule has 3 unspecified atom stereocenters. The van der Waals surface area contributed by atoms with Gasteiger partial charge in [-0.15, -0.1) is 0 Å². The number of ether oxygens (including phenoxy) is 1. The molecule has 0 aromatic heterocycles. The summed E-state index contributed by atoms with van der Waals surface area (Å²) in [5.74, 6) is -0.521. The van der Waals surface area contributed by atoms with Gasteiger partial charge in [-0.3, -0.25) is 14.2 Å². The van der Waals surface area contributed by atoms with Crippen molar-refractivity contribution in [1.82, 2.24) is 5.32 Å². The number of nitrogens with zero attached hydrogens (tertiary/aromatic N) is 1. The minimum atomic E-state index is -4.70. The van der Waals surface area contributed by atoms with Crippen molar-refractivity contribution >= 4 is 19.7 Å². The number of amides is 1. The van der Waals surface area contributed by atoms with E-state index in [1.807, 2.05) is 33.3 Å². The number of quaternary nitrogens is 1. The molecule has 3 atom stereocenters. The van der Waals surface area contributed by atoms with Crippen LogP contribution in [0.25, 0.3) is 0 Å². The van der Waals surface area contributed by atoms with Crippen molar-refractivity contribution in [2.24, 2.45) is 0 Å². The van der Waals surface area contributed by atoms with Crippen molar-refractivity contribution in [2.45, 2.75) is 367 Å². The molecule has 0 aromatic carbocycles. The van der Waals surface area contributed by atoms with Gasteiger partial charge in [-0.25, -0.2) is 0 Å². The van der Waals surface area contributed by atoms with E-state index in [0.717, 1.165) is 64.2 Å². The number of nitrogens with one attached hydrogen (secondary N) is 1. The largest absolute Gasteiger partial charge is 0.756 e. The maximum Gasteiger partial charge on any atom is 0.306 e. The number of phosphoric acid groups is 1. The fourth-order valence-corrected chi connectivity index (χ4v) is 11.3. The Morgan fingerprint density at radius 1 is 0.432 bits per heavy atom. The van der Waals surface area contributed by atoms with E-state index in [1.165, 1.54) is 257 Å². The van der Waals surface area contributed by atoms with Crippen molar-refractivity contribution in [3.05, 3.63) is 36.5 Å². The summed E-state index contributed by atoms with van der Waals surface area (Å²) in [5.41, 5.74) is 0. The summed E-state index contributed by atoms with van der Waals surface area (Å²) < 4.78 is 30.4. The topological polar surface area (TPSA) is 114 Å².